The van der Waals surface area contributed by atoms with Crippen LogP contribution < -0.4 is 10.9 Å². The molecule has 0 aliphatic heterocycles. The predicted octanol–water partition coefficient (Wildman–Crippen LogP) is 4.71. The van der Waals surface area contributed by atoms with Crippen LogP contribution in [0.1, 0.15) is 36.8 Å². The molecule has 1 aliphatic carbocycles. The summed E-state index contributed by atoms with van der Waals surface area (Å²) in [5.74, 6) is 0.191. The van der Waals surface area contributed by atoms with Gasteiger partial charge in [0, 0.05) is 21.2 Å². The minimum absolute atomic E-state index is 0.134. The van der Waals surface area contributed by atoms with Gasteiger partial charge in [0.25, 0.3) is 5.56 Å². The zero-order valence-corrected chi connectivity index (χ0v) is 19.9. The molecule has 0 radical (unpaired) electrons. The Morgan fingerprint density at radius 1 is 1.43 bits per heavy atom. The molecule has 1 atom stereocenters. The summed E-state index contributed by atoms with van der Waals surface area (Å²) in [6.45, 7) is 2.13. The number of hydrogen-bond donors (Lipinski definition) is 1. The summed E-state index contributed by atoms with van der Waals surface area (Å²) in [6.07, 6.45) is 2.66. The fourth-order valence-corrected chi connectivity index (χ4v) is 5.12. The van der Waals surface area contributed by atoms with Gasteiger partial charge in [-0.15, -0.1) is 0 Å². The number of hydrogen-bond acceptors (Lipinski definition) is 4. The SMILES string of the molecule is Cc1c(Br)ccc2c3oc(CNC(=O)C(Br)CCBr)nc3c(=O)n(C3CC3)c12. The normalized spacial score (nSPS) is 15.3. The van der Waals surface area contributed by atoms with Gasteiger partial charge in [-0.25, -0.2) is 4.98 Å². The number of halogens is 3. The Labute approximate surface area is 186 Å². The summed E-state index contributed by atoms with van der Waals surface area (Å²) in [4.78, 5) is 29.4. The van der Waals surface area contributed by atoms with Crippen LogP contribution in [-0.2, 0) is 11.3 Å². The molecule has 1 unspecified atom stereocenters. The van der Waals surface area contributed by atoms with Gasteiger partial charge in [0.1, 0.15) is 0 Å². The van der Waals surface area contributed by atoms with Gasteiger partial charge >= 0.3 is 0 Å². The molecule has 2 heterocycles. The molecule has 1 aromatic carbocycles. The van der Waals surface area contributed by atoms with Gasteiger partial charge in [-0.1, -0.05) is 47.8 Å². The van der Waals surface area contributed by atoms with Gasteiger partial charge in [-0.3, -0.25) is 9.59 Å². The maximum Gasteiger partial charge on any atom is 0.281 e. The Balaban J connectivity index is 1.78. The first-order valence-electron chi connectivity index (χ1n) is 9.02. The summed E-state index contributed by atoms with van der Waals surface area (Å²) in [5.41, 5.74) is 2.56. The van der Waals surface area contributed by atoms with E-state index >= 15 is 0 Å². The molecular formula is C19H18Br3N3O3. The zero-order valence-electron chi connectivity index (χ0n) is 15.1. The molecule has 148 valence electrons. The molecule has 9 heteroatoms. The third-order valence-corrected chi connectivity index (χ3v) is 7.11. The molecule has 1 aliphatic rings. The topological polar surface area (TPSA) is 77.1 Å². The highest BCUT2D eigenvalue weighted by atomic mass is 79.9. The largest absolute Gasteiger partial charge is 0.438 e. The second kappa shape index (κ2) is 7.91. The second-order valence-electron chi connectivity index (χ2n) is 6.92. The fourth-order valence-electron chi connectivity index (χ4n) is 3.33. The number of oxazole rings is 1. The van der Waals surface area contributed by atoms with Crippen LogP contribution in [0.4, 0.5) is 0 Å². The third-order valence-electron chi connectivity index (χ3n) is 4.92. The van der Waals surface area contributed by atoms with Gasteiger partial charge in [0.2, 0.25) is 11.8 Å². The molecule has 0 saturated heterocycles. The van der Waals surface area contributed by atoms with Crippen molar-refractivity contribution in [1.29, 1.82) is 0 Å². The number of aryl methyl sites for hydroxylation is 1. The summed E-state index contributed by atoms with van der Waals surface area (Å²) in [6, 6.07) is 4.12. The highest BCUT2D eigenvalue weighted by molar-refractivity contribution is 9.10. The highest BCUT2D eigenvalue weighted by Crippen LogP contribution is 2.39. The first-order chi connectivity index (χ1) is 13.4. The molecule has 2 aromatic heterocycles. The van der Waals surface area contributed by atoms with Crippen LogP contribution in [-0.4, -0.2) is 25.6 Å². The average molecular weight is 576 g/mol. The van der Waals surface area contributed by atoms with E-state index in [9.17, 15) is 9.59 Å². The number of pyridine rings is 1. The Kier molecular flexibility index (Phi) is 5.68. The van der Waals surface area contributed by atoms with Crippen molar-refractivity contribution < 1.29 is 9.21 Å². The average Bonchev–Trinajstić information content (AvgIpc) is 3.41. The fraction of sp³-hybridized carbons (Fsp3) is 0.421. The number of amides is 1. The van der Waals surface area contributed by atoms with Crippen molar-refractivity contribution in [2.75, 3.05) is 5.33 Å². The first-order valence-corrected chi connectivity index (χ1v) is 11.9. The number of carbonyl (C=O) groups excluding carboxylic acids is 1. The Bertz CT molecular complexity index is 1130. The minimum atomic E-state index is -0.288. The third kappa shape index (κ3) is 3.57. The highest BCUT2D eigenvalue weighted by Gasteiger charge is 2.30. The van der Waals surface area contributed by atoms with Crippen LogP contribution in [0.2, 0.25) is 0 Å². The van der Waals surface area contributed by atoms with Crippen LogP contribution >= 0.6 is 47.8 Å². The minimum Gasteiger partial charge on any atom is -0.438 e. The predicted molar refractivity (Wildman–Crippen MR) is 119 cm³/mol. The van der Waals surface area contributed by atoms with Crippen LogP contribution in [0.15, 0.2) is 25.8 Å². The summed E-state index contributed by atoms with van der Waals surface area (Å²) in [5, 5.41) is 4.39. The van der Waals surface area contributed by atoms with E-state index in [1.165, 1.54) is 0 Å². The molecular weight excluding hydrogens is 558 g/mol. The number of carbonyl (C=O) groups is 1. The van der Waals surface area contributed by atoms with Crippen LogP contribution in [0.3, 0.4) is 0 Å². The molecule has 1 saturated carbocycles. The Hall–Kier alpha value is -1.19. The lowest BCUT2D eigenvalue weighted by Gasteiger charge is -2.12. The Morgan fingerprint density at radius 2 is 2.18 bits per heavy atom. The summed E-state index contributed by atoms with van der Waals surface area (Å²) in [7, 11) is 0. The lowest BCUT2D eigenvalue weighted by Crippen LogP contribution is -2.30. The molecule has 4 rings (SSSR count). The van der Waals surface area contributed by atoms with E-state index in [4.69, 9.17) is 4.42 Å². The van der Waals surface area contributed by atoms with E-state index in [1.807, 2.05) is 23.6 Å². The van der Waals surface area contributed by atoms with Gasteiger partial charge < -0.3 is 14.3 Å². The van der Waals surface area contributed by atoms with Crippen molar-refractivity contribution in [2.24, 2.45) is 0 Å². The number of rotatable bonds is 6. The quantitative estimate of drug-likeness (QED) is 0.432. The van der Waals surface area contributed by atoms with Gasteiger partial charge in [0.05, 0.1) is 16.9 Å². The van der Waals surface area contributed by atoms with Gasteiger partial charge in [0.15, 0.2) is 11.1 Å². The van der Waals surface area contributed by atoms with Crippen molar-refractivity contribution in [3.63, 3.8) is 0 Å². The van der Waals surface area contributed by atoms with E-state index in [2.05, 4.69) is 58.1 Å². The lowest BCUT2D eigenvalue weighted by atomic mass is 10.1. The monoisotopic (exact) mass is 573 g/mol. The van der Waals surface area contributed by atoms with Crippen molar-refractivity contribution in [1.82, 2.24) is 14.9 Å². The van der Waals surface area contributed by atoms with Crippen LogP contribution in [0, 0.1) is 6.92 Å². The van der Waals surface area contributed by atoms with Gasteiger partial charge in [-0.2, -0.15) is 0 Å². The van der Waals surface area contributed by atoms with E-state index in [0.29, 0.717) is 23.4 Å². The standard InChI is InChI=1S/C19H18Br3N3O3/c1-9-12(21)5-4-11-16(9)25(10-2-3-10)19(27)15-17(11)28-14(24-15)8-23-18(26)13(22)6-7-20/h4-5,10,13H,2-3,6-8H2,1H3,(H,23,26). The van der Waals surface area contributed by atoms with E-state index in [-0.39, 0.29) is 28.9 Å². The smallest absolute Gasteiger partial charge is 0.281 e. The van der Waals surface area contributed by atoms with E-state index in [0.717, 1.165) is 39.1 Å². The molecule has 1 N–H and O–H groups in total. The molecule has 0 spiro atoms. The van der Waals surface area contributed by atoms with E-state index < -0.39 is 0 Å². The maximum absolute atomic E-state index is 13.2. The lowest BCUT2D eigenvalue weighted by molar-refractivity contribution is -0.120. The molecule has 1 amide bonds. The van der Waals surface area contributed by atoms with Crippen LogP contribution in [0.25, 0.3) is 22.0 Å². The first kappa shape index (κ1) is 20.1. The summed E-state index contributed by atoms with van der Waals surface area (Å²) >= 11 is 10.2. The number of aromatic nitrogens is 2. The van der Waals surface area contributed by atoms with Crippen molar-refractivity contribution >= 4 is 75.7 Å². The summed E-state index contributed by atoms with van der Waals surface area (Å²) < 4.78 is 8.73. The molecule has 1 fully saturated rings. The van der Waals surface area contributed by atoms with Crippen molar-refractivity contribution in [2.45, 2.75) is 43.6 Å². The van der Waals surface area contributed by atoms with E-state index in [1.54, 1.807) is 0 Å². The number of nitrogens with one attached hydrogen (secondary N) is 1. The zero-order chi connectivity index (χ0) is 20.0. The van der Waals surface area contributed by atoms with Crippen molar-refractivity contribution in [3.05, 3.63) is 38.4 Å². The molecule has 3 aromatic rings. The van der Waals surface area contributed by atoms with Crippen LogP contribution in [0.5, 0.6) is 0 Å². The number of fused-ring (bicyclic) bond motifs is 3. The van der Waals surface area contributed by atoms with Crippen molar-refractivity contribution in [3.8, 4) is 0 Å². The number of benzene rings is 1. The maximum atomic E-state index is 13.2. The number of alkyl halides is 2. The second-order valence-corrected chi connectivity index (χ2v) is 9.68. The molecule has 6 nitrogen and oxygen atoms in total. The van der Waals surface area contributed by atoms with Gasteiger partial charge in [-0.05, 0) is 43.9 Å². The molecule has 28 heavy (non-hydrogen) atoms. The Morgan fingerprint density at radius 3 is 2.86 bits per heavy atom. The number of nitrogens with zero attached hydrogens (tertiary/aromatic N) is 2. The molecule has 0 bridgehead atoms.